The Kier molecular flexibility index (Phi) is 4.47. The van der Waals surface area contributed by atoms with Crippen molar-refractivity contribution in [3.8, 4) is 0 Å². The van der Waals surface area contributed by atoms with E-state index in [4.69, 9.17) is 5.11 Å². The predicted molar refractivity (Wildman–Crippen MR) is 75.4 cm³/mol. The standard InChI is InChI=1S/C15H14O3S/c16-14(17)11-19(18)15(12-7-3-1-4-8-12)13-9-5-2-6-10-13/h1-10,15H,11H2,(H,16,17)/t19-/m1/s1. The van der Waals surface area contributed by atoms with Crippen LogP contribution in [0, 0.1) is 0 Å². The minimum Gasteiger partial charge on any atom is -0.481 e. The molecule has 0 radical (unpaired) electrons. The molecule has 0 aromatic heterocycles. The highest BCUT2D eigenvalue weighted by Crippen LogP contribution is 2.28. The summed E-state index contributed by atoms with van der Waals surface area (Å²) >= 11 is 0. The molecule has 19 heavy (non-hydrogen) atoms. The summed E-state index contributed by atoms with van der Waals surface area (Å²) in [6.07, 6.45) is 0. The summed E-state index contributed by atoms with van der Waals surface area (Å²) < 4.78 is 12.3. The van der Waals surface area contributed by atoms with Gasteiger partial charge >= 0.3 is 5.97 Å². The molecule has 2 aromatic carbocycles. The van der Waals surface area contributed by atoms with Crippen molar-refractivity contribution in [3.05, 3.63) is 71.8 Å². The molecule has 0 heterocycles. The highest BCUT2D eigenvalue weighted by atomic mass is 32.2. The zero-order chi connectivity index (χ0) is 13.7. The molecule has 2 rings (SSSR count). The average Bonchev–Trinajstić information content (AvgIpc) is 2.40. The van der Waals surface area contributed by atoms with Crippen molar-refractivity contribution in [2.24, 2.45) is 0 Å². The maximum Gasteiger partial charge on any atom is 0.316 e. The Morgan fingerprint density at radius 1 is 0.947 bits per heavy atom. The van der Waals surface area contributed by atoms with Crippen molar-refractivity contribution in [1.82, 2.24) is 0 Å². The SMILES string of the molecule is O=C(O)C[S@@](=O)C(c1ccccc1)c1ccccc1. The van der Waals surface area contributed by atoms with Crippen LogP contribution in [-0.4, -0.2) is 21.0 Å². The molecule has 0 amide bonds. The van der Waals surface area contributed by atoms with Gasteiger partial charge in [-0.05, 0) is 11.1 Å². The monoisotopic (exact) mass is 274 g/mol. The Morgan fingerprint density at radius 2 is 1.37 bits per heavy atom. The van der Waals surface area contributed by atoms with Crippen molar-refractivity contribution in [3.63, 3.8) is 0 Å². The van der Waals surface area contributed by atoms with E-state index in [1.807, 2.05) is 60.7 Å². The van der Waals surface area contributed by atoms with Crippen molar-refractivity contribution in [1.29, 1.82) is 0 Å². The average molecular weight is 274 g/mol. The number of carbonyl (C=O) groups is 1. The van der Waals surface area contributed by atoms with Crippen molar-refractivity contribution >= 4 is 16.8 Å². The molecule has 0 saturated carbocycles. The van der Waals surface area contributed by atoms with E-state index in [9.17, 15) is 9.00 Å². The summed E-state index contributed by atoms with van der Waals surface area (Å²) in [5, 5.41) is 8.43. The van der Waals surface area contributed by atoms with E-state index < -0.39 is 22.0 Å². The maximum absolute atomic E-state index is 12.3. The van der Waals surface area contributed by atoms with Crippen LogP contribution in [0.5, 0.6) is 0 Å². The summed E-state index contributed by atoms with van der Waals surface area (Å²) in [5.74, 6) is -1.40. The van der Waals surface area contributed by atoms with Crippen molar-refractivity contribution in [2.75, 3.05) is 5.75 Å². The molecule has 3 nitrogen and oxygen atoms in total. The summed E-state index contributed by atoms with van der Waals surface area (Å²) in [6, 6.07) is 18.7. The molecule has 1 N–H and O–H groups in total. The van der Waals surface area contributed by atoms with Gasteiger partial charge in [0.2, 0.25) is 0 Å². The zero-order valence-corrected chi connectivity index (χ0v) is 11.0. The first-order valence-corrected chi connectivity index (χ1v) is 7.25. The third-order valence-corrected chi connectivity index (χ3v) is 4.33. The molecular formula is C15H14O3S. The molecule has 0 fully saturated rings. The van der Waals surface area contributed by atoms with Gasteiger partial charge in [-0.1, -0.05) is 60.7 Å². The van der Waals surface area contributed by atoms with Crippen LogP contribution in [0.25, 0.3) is 0 Å². The molecule has 0 aliphatic rings. The number of carboxylic acid groups (broad SMARTS) is 1. The fourth-order valence-corrected chi connectivity index (χ4v) is 3.29. The Labute approximate surface area is 114 Å². The number of benzene rings is 2. The molecule has 0 bridgehead atoms. The second kappa shape index (κ2) is 6.29. The van der Waals surface area contributed by atoms with Crippen molar-refractivity contribution < 1.29 is 14.1 Å². The molecule has 0 unspecified atom stereocenters. The van der Waals surface area contributed by atoms with Crippen LogP contribution in [0.3, 0.4) is 0 Å². The Morgan fingerprint density at radius 3 is 1.74 bits per heavy atom. The van der Waals surface area contributed by atoms with Crippen molar-refractivity contribution in [2.45, 2.75) is 5.25 Å². The summed E-state index contributed by atoms with van der Waals surface area (Å²) in [4.78, 5) is 10.8. The van der Waals surface area contributed by atoms with Crippen LogP contribution >= 0.6 is 0 Å². The number of carboxylic acids is 1. The fraction of sp³-hybridized carbons (Fsp3) is 0.133. The normalized spacial score (nSPS) is 12.3. The highest BCUT2D eigenvalue weighted by Gasteiger charge is 2.22. The molecule has 1 atom stereocenters. The van der Waals surface area contributed by atoms with Gasteiger partial charge in [0.15, 0.2) is 0 Å². The van der Waals surface area contributed by atoms with Gasteiger partial charge in [-0.25, -0.2) is 0 Å². The molecule has 0 spiro atoms. The number of hydrogen-bond donors (Lipinski definition) is 1. The number of rotatable bonds is 5. The molecule has 0 saturated heterocycles. The summed E-state index contributed by atoms with van der Waals surface area (Å²) in [5.41, 5.74) is 1.74. The van der Waals surface area contributed by atoms with Gasteiger partial charge in [0.05, 0.1) is 5.25 Å². The van der Waals surface area contributed by atoms with Gasteiger partial charge in [0.1, 0.15) is 5.75 Å². The van der Waals surface area contributed by atoms with E-state index in [0.29, 0.717) is 0 Å². The molecular weight excluding hydrogens is 260 g/mol. The predicted octanol–water partition coefficient (Wildman–Crippen LogP) is 2.61. The van der Waals surface area contributed by atoms with Crippen LogP contribution in [-0.2, 0) is 15.6 Å². The fourth-order valence-electron chi connectivity index (χ4n) is 1.96. The quantitative estimate of drug-likeness (QED) is 0.911. The molecule has 2 aromatic rings. The lowest BCUT2D eigenvalue weighted by Gasteiger charge is -2.16. The van der Waals surface area contributed by atoms with E-state index in [1.54, 1.807) is 0 Å². The van der Waals surface area contributed by atoms with E-state index in [1.165, 1.54) is 0 Å². The van der Waals surface area contributed by atoms with E-state index >= 15 is 0 Å². The minimum absolute atomic E-state index is 0.353. The lowest BCUT2D eigenvalue weighted by Crippen LogP contribution is -2.17. The topological polar surface area (TPSA) is 54.4 Å². The summed E-state index contributed by atoms with van der Waals surface area (Å²) in [7, 11) is -1.49. The Balaban J connectivity index is 2.40. The molecule has 4 heteroatoms. The first kappa shape index (κ1) is 13.5. The van der Waals surface area contributed by atoms with Crippen LogP contribution in [0.4, 0.5) is 0 Å². The van der Waals surface area contributed by atoms with Gasteiger partial charge in [-0.3, -0.25) is 9.00 Å². The van der Waals surface area contributed by atoms with Crippen LogP contribution in [0.1, 0.15) is 16.4 Å². The first-order valence-electron chi connectivity index (χ1n) is 5.87. The first-order chi connectivity index (χ1) is 9.18. The zero-order valence-electron chi connectivity index (χ0n) is 10.2. The van der Waals surface area contributed by atoms with Crippen LogP contribution in [0.15, 0.2) is 60.7 Å². The number of hydrogen-bond acceptors (Lipinski definition) is 2. The highest BCUT2D eigenvalue weighted by molar-refractivity contribution is 7.86. The lowest BCUT2D eigenvalue weighted by molar-refractivity contribution is -0.133. The minimum atomic E-state index is -1.49. The second-order valence-electron chi connectivity index (χ2n) is 4.12. The largest absolute Gasteiger partial charge is 0.481 e. The summed E-state index contributed by atoms with van der Waals surface area (Å²) in [6.45, 7) is 0. The smallest absolute Gasteiger partial charge is 0.316 e. The Bertz CT molecular complexity index is 527. The lowest BCUT2D eigenvalue weighted by atomic mass is 10.0. The molecule has 0 aliphatic carbocycles. The van der Waals surface area contributed by atoms with Gasteiger partial charge in [-0.15, -0.1) is 0 Å². The van der Waals surface area contributed by atoms with Crippen LogP contribution in [0.2, 0.25) is 0 Å². The van der Waals surface area contributed by atoms with Crippen LogP contribution < -0.4 is 0 Å². The maximum atomic E-state index is 12.3. The molecule has 98 valence electrons. The third-order valence-electron chi connectivity index (χ3n) is 2.73. The van der Waals surface area contributed by atoms with E-state index in [0.717, 1.165) is 11.1 Å². The Hall–Kier alpha value is -1.94. The van der Waals surface area contributed by atoms with Gasteiger partial charge in [-0.2, -0.15) is 0 Å². The second-order valence-corrected chi connectivity index (χ2v) is 5.64. The third kappa shape index (κ3) is 3.51. The van der Waals surface area contributed by atoms with E-state index in [2.05, 4.69) is 0 Å². The number of aliphatic carboxylic acids is 1. The molecule has 0 aliphatic heterocycles. The van der Waals surface area contributed by atoms with E-state index in [-0.39, 0.29) is 5.75 Å². The van der Waals surface area contributed by atoms with Gasteiger partial charge in [0, 0.05) is 10.8 Å². The van der Waals surface area contributed by atoms with Gasteiger partial charge < -0.3 is 5.11 Å². The van der Waals surface area contributed by atoms with Gasteiger partial charge in [0.25, 0.3) is 0 Å².